The number of carbonyl (C=O) groups excluding carboxylic acids is 2. The Morgan fingerprint density at radius 3 is 2.54 bits per heavy atom. The molecule has 1 aromatic carbocycles. The van der Waals surface area contributed by atoms with Crippen LogP contribution in [0.5, 0.6) is 0 Å². The molecule has 0 spiro atoms. The molecule has 6 heteroatoms. The fraction of sp³-hybridized carbons (Fsp3) is 0.455. The minimum absolute atomic E-state index is 0.105. The smallest absolute Gasteiger partial charge is 0.265 e. The predicted octanol–water partition coefficient (Wildman–Crippen LogP) is 4.46. The van der Waals surface area contributed by atoms with Crippen molar-refractivity contribution >= 4 is 34.5 Å². The summed E-state index contributed by atoms with van der Waals surface area (Å²) in [6.07, 6.45) is 2.01. The van der Waals surface area contributed by atoms with Crippen LogP contribution in [0.3, 0.4) is 0 Å². The number of benzene rings is 1. The molecule has 5 nitrogen and oxygen atoms in total. The number of anilines is 2. The Kier molecular flexibility index (Phi) is 6.39. The predicted molar refractivity (Wildman–Crippen MR) is 116 cm³/mol. The quantitative estimate of drug-likeness (QED) is 0.713. The lowest BCUT2D eigenvalue weighted by molar-refractivity contribution is -0.133. The third-order valence-corrected chi connectivity index (χ3v) is 5.62. The van der Waals surface area contributed by atoms with E-state index in [4.69, 9.17) is 0 Å². The van der Waals surface area contributed by atoms with Crippen LogP contribution in [0, 0.1) is 11.8 Å². The molecular formula is C22H29N3O2S. The van der Waals surface area contributed by atoms with Gasteiger partial charge < -0.3 is 15.1 Å². The number of nitrogens with one attached hydrogen (secondary N) is 1. The van der Waals surface area contributed by atoms with Crippen molar-refractivity contribution < 1.29 is 9.59 Å². The summed E-state index contributed by atoms with van der Waals surface area (Å²) >= 11 is 1.42. The summed E-state index contributed by atoms with van der Waals surface area (Å²) < 4.78 is 0. The highest BCUT2D eigenvalue weighted by atomic mass is 32.1. The van der Waals surface area contributed by atoms with Crippen molar-refractivity contribution in [1.82, 2.24) is 4.90 Å². The molecule has 0 unspecified atom stereocenters. The number of amides is 2. The minimum Gasteiger partial charge on any atom is -0.377 e. The van der Waals surface area contributed by atoms with E-state index < -0.39 is 0 Å². The van der Waals surface area contributed by atoms with Crippen LogP contribution in [-0.2, 0) is 11.3 Å². The van der Waals surface area contributed by atoms with Crippen LogP contribution in [0.1, 0.15) is 41.9 Å². The van der Waals surface area contributed by atoms with Crippen molar-refractivity contribution in [2.24, 2.45) is 11.8 Å². The lowest BCUT2D eigenvalue weighted by Crippen LogP contribution is -2.35. The molecule has 28 heavy (non-hydrogen) atoms. The molecule has 1 fully saturated rings. The van der Waals surface area contributed by atoms with Gasteiger partial charge in [0.2, 0.25) is 5.91 Å². The van der Waals surface area contributed by atoms with Crippen molar-refractivity contribution in [2.75, 3.05) is 30.9 Å². The second-order valence-electron chi connectivity index (χ2n) is 8.06. The van der Waals surface area contributed by atoms with Crippen LogP contribution < -0.4 is 10.2 Å². The number of carbonyl (C=O) groups is 2. The molecule has 0 bridgehead atoms. The first kappa shape index (κ1) is 20.4. The Morgan fingerprint density at radius 1 is 1.21 bits per heavy atom. The van der Waals surface area contributed by atoms with E-state index in [0.717, 1.165) is 36.3 Å². The molecule has 1 N–H and O–H groups in total. The minimum atomic E-state index is -0.105. The number of thiophene rings is 1. The van der Waals surface area contributed by atoms with E-state index in [2.05, 4.69) is 24.1 Å². The molecule has 1 heterocycles. The fourth-order valence-electron chi connectivity index (χ4n) is 3.29. The van der Waals surface area contributed by atoms with E-state index in [-0.39, 0.29) is 17.7 Å². The molecule has 3 rings (SSSR count). The molecule has 1 saturated carbocycles. The lowest BCUT2D eigenvalue weighted by atomic mass is 10.1. The average Bonchev–Trinajstić information content (AvgIpc) is 3.33. The zero-order chi connectivity index (χ0) is 20.3. The van der Waals surface area contributed by atoms with Gasteiger partial charge >= 0.3 is 0 Å². The molecule has 0 aliphatic heterocycles. The van der Waals surface area contributed by atoms with Gasteiger partial charge in [0.15, 0.2) is 0 Å². The molecule has 1 aromatic heterocycles. The first-order valence-electron chi connectivity index (χ1n) is 9.79. The largest absolute Gasteiger partial charge is 0.377 e. The first-order chi connectivity index (χ1) is 13.3. The van der Waals surface area contributed by atoms with Crippen LogP contribution in [0.25, 0.3) is 0 Å². The topological polar surface area (TPSA) is 52.7 Å². The van der Waals surface area contributed by atoms with Crippen LogP contribution in [0.4, 0.5) is 11.4 Å². The van der Waals surface area contributed by atoms with Gasteiger partial charge in [-0.15, -0.1) is 11.3 Å². The number of rotatable bonds is 8. The summed E-state index contributed by atoms with van der Waals surface area (Å²) in [4.78, 5) is 29.9. The van der Waals surface area contributed by atoms with Gasteiger partial charge in [0, 0.05) is 44.5 Å². The van der Waals surface area contributed by atoms with Crippen LogP contribution >= 0.6 is 11.3 Å². The number of hydrogen-bond donors (Lipinski definition) is 1. The van der Waals surface area contributed by atoms with Crippen molar-refractivity contribution in [3.8, 4) is 0 Å². The summed E-state index contributed by atoms with van der Waals surface area (Å²) in [5, 5.41) is 4.87. The van der Waals surface area contributed by atoms with Gasteiger partial charge in [-0.25, -0.2) is 0 Å². The SMILES string of the molecule is CC(C)CN(Cc1cc(NC(=O)c2cccs2)ccc1N(C)C)C(=O)C1CC1. The zero-order valence-electron chi connectivity index (χ0n) is 17.1. The van der Waals surface area contributed by atoms with E-state index in [1.54, 1.807) is 0 Å². The van der Waals surface area contributed by atoms with Gasteiger partial charge in [0.1, 0.15) is 0 Å². The summed E-state index contributed by atoms with van der Waals surface area (Å²) in [6.45, 7) is 5.58. The Hall–Kier alpha value is -2.34. The second-order valence-corrected chi connectivity index (χ2v) is 9.00. The molecule has 1 aliphatic carbocycles. The van der Waals surface area contributed by atoms with Crippen LogP contribution in [0.15, 0.2) is 35.7 Å². The van der Waals surface area contributed by atoms with Crippen molar-refractivity contribution in [3.05, 3.63) is 46.2 Å². The maximum Gasteiger partial charge on any atom is 0.265 e. The Labute approximate surface area is 171 Å². The van der Waals surface area contributed by atoms with Crippen molar-refractivity contribution in [3.63, 3.8) is 0 Å². The van der Waals surface area contributed by atoms with Gasteiger partial charge in [-0.3, -0.25) is 9.59 Å². The summed E-state index contributed by atoms with van der Waals surface area (Å²) in [6, 6.07) is 9.60. The summed E-state index contributed by atoms with van der Waals surface area (Å²) in [5.74, 6) is 0.758. The molecule has 0 saturated heterocycles. The Morgan fingerprint density at radius 2 is 1.96 bits per heavy atom. The standard InChI is InChI=1S/C22H29N3O2S/c1-15(2)13-25(22(27)16-7-8-16)14-17-12-18(9-10-19(17)24(3)4)23-21(26)20-6-5-11-28-20/h5-6,9-12,15-16H,7-8,13-14H2,1-4H3,(H,23,26). The zero-order valence-corrected chi connectivity index (χ0v) is 17.9. The molecule has 0 atom stereocenters. The van der Waals surface area contributed by atoms with E-state index >= 15 is 0 Å². The number of nitrogens with zero attached hydrogens (tertiary/aromatic N) is 2. The maximum atomic E-state index is 12.8. The fourth-order valence-corrected chi connectivity index (χ4v) is 3.91. The molecule has 2 amide bonds. The van der Waals surface area contributed by atoms with Gasteiger partial charge in [0.05, 0.1) is 4.88 Å². The second kappa shape index (κ2) is 8.78. The van der Waals surface area contributed by atoms with E-state index in [0.29, 0.717) is 17.3 Å². The molecule has 150 valence electrons. The van der Waals surface area contributed by atoms with Crippen molar-refractivity contribution in [2.45, 2.75) is 33.2 Å². The van der Waals surface area contributed by atoms with Gasteiger partial charge in [0.25, 0.3) is 5.91 Å². The summed E-state index contributed by atoms with van der Waals surface area (Å²) in [5.41, 5.74) is 2.86. The average molecular weight is 400 g/mol. The molecule has 1 aliphatic rings. The third kappa shape index (κ3) is 5.13. The van der Waals surface area contributed by atoms with E-state index in [1.165, 1.54) is 11.3 Å². The highest BCUT2D eigenvalue weighted by Crippen LogP contribution is 2.33. The van der Waals surface area contributed by atoms with Gasteiger partial charge in [-0.1, -0.05) is 19.9 Å². The van der Waals surface area contributed by atoms with Crippen LogP contribution in [-0.4, -0.2) is 37.4 Å². The number of hydrogen-bond acceptors (Lipinski definition) is 4. The van der Waals surface area contributed by atoms with Gasteiger partial charge in [-0.2, -0.15) is 0 Å². The normalized spacial score (nSPS) is 13.5. The maximum absolute atomic E-state index is 12.8. The van der Waals surface area contributed by atoms with Crippen molar-refractivity contribution in [1.29, 1.82) is 0 Å². The van der Waals surface area contributed by atoms with Crippen LogP contribution in [0.2, 0.25) is 0 Å². The molecular weight excluding hydrogens is 370 g/mol. The highest BCUT2D eigenvalue weighted by molar-refractivity contribution is 7.12. The van der Waals surface area contributed by atoms with Gasteiger partial charge in [-0.05, 0) is 54.0 Å². The summed E-state index contributed by atoms with van der Waals surface area (Å²) in [7, 11) is 4.00. The Balaban J connectivity index is 1.83. The molecule has 2 aromatic rings. The van der Waals surface area contributed by atoms with E-state index in [9.17, 15) is 9.59 Å². The molecule has 0 radical (unpaired) electrons. The highest BCUT2D eigenvalue weighted by Gasteiger charge is 2.33. The monoisotopic (exact) mass is 399 g/mol. The lowest BCUT2D eigenvalue weighted by Gasteiger charge is -2.27. The first-order valence-corrected chi connectivity index (χ1v) is 10.7. The third-order valence-electron chi connectivity index (χ3n) is 4.75. The van der Waals surface area contributed by atoms with E-state index in [1.807, 2.05) is 54.7 Å². The Bertz CT molecular complexity index is 826.